The molecule has 0 radical (unpaired) electrons. The summed E-state index contributed by atoms with van der Waals surface area (Å²) >= 11 is 0. The highest BCUT2D eigenvalue weighted by molar-refractivity contribution is 5.77. The lowest BCUT2D eigenvalue weighted by Crippen LogP contribution is -2.50. The van der Waals surface area contributed by atoms with Crippen molar-refractivity contribution in [1.82, 2.24) is 4.90 Å². The summed E-state index contributed by atoms with van der Waals surface area (Å²) in [5.74, 6) is -0.510. The molecule has 110 valence electrons. The second-order valence-electron chi connectivity index (χ2n) is 5.83. The van der Waals surface area contributed by atoms with E-state index in [9.17, 15) is 14.7 Å². The van der Waals surface area contributed by atoms with Crippen LogP contribution in [0.2, 0.25) is 0 Å². The average molecular weight is 271 g/mol. The van der Waals surface area contributed by atoms with Gasteiger partial charge in [-0.1, -0.05) is 27.2 Å². The zero-order chi connectivity index (χ0) is 14.5. The maximum atomic E-state index is 11.9. The van der Waals surface area contributed by atoms with E-state index < -0.39 is 11.4 Å². The van der Waals surface area contributed by atoms with Crippen LogP contribution in [-0.2, 0) is 9.53 Å². The fourth-order valence-electron chi connectivity index (χ4n) is 2.58. The van der Waals surface area contributed by atoms with Crippen LogP contribution < -0.4 is 0 Å². The number of nitrogens with zero attached hydrogens (tertiary/aromatic N) is 1. The molecule has 1 amide bonds. The SMILES string of the molecule is CCCC1(C(=O)O)CCCN(C(=O)OCC(C)C)C1. The highest BCUT2D eigenvalue weighted by Gasteiger charge is 2.43. The fraction of sp³-hybridized carbons (Fsp3) is 0.857. The zero-order valence-corrected chi connectivity index (χ0v) is 12.1. The van der Waals surface area contributed by atoms with Crippen molar-refractivity contribution >= 4 is 12.1 Å². The van der Waals surface area contributed by atoms with E-state index in [1.165, 1.54) is 0 Å². The van der Waals surface area contributed by atoms with E-state index in [1.807, 2.05) is 20.8 Å². The first-order valence-electron chi connectivity index (χ1n) is 7.06. The number of aliphatic carboxylic acids is 1. The Morgan fingerprint density at radius 1 is 1.42 bits per heavy atom. The molecule has 0 aromatic carbocycles. The number of piperidine rings is 1. The molecule has 1 aliphatic rings. The highest BCUT2D eigenvalue weighted by atomic mass is 16.6. The van der Waals surface area contributed by atoms with E-state index in [-0.39, 0.29) is 18.6 Å². The molecule has 1 fully saturated rings. The molecule has 0 spiro atoms. The molecular formula is C14H25NO4. The van der Waals surface area contributed by atoms with Crippen molar-refractivity contribution < 1.29 is 19.4 Å². The van der Waals surface area contributed by atoms with Crippen molar-refractivity contribution in [2.45, 2.75) is 46.5 Å². The molecule has 0 aromatic heterocycles. The molecule has 0 aromatic rings. The predicted molar refractivity (Wildman–Crippen MR) is 72.0 cm³/mol. The van der Waals surface area contributed by atoms with Gasteiger partial charge in [-0.05, 0) is 25.2 Å². The molecule has 1 rings (SSSR count). The summed E-state index contributed by atoms with van der Waals surface area (Å²) in [7, 11) is 0. The molecule has 1 heterocycles. The van der Waals surface area contributed by atoms with Crippen molar-refractivity contribution in [2.24, 2.45) is 11.3 Å². The van der Waals surface area contributed by atoms with Crippen LogP contribution in [0.25, 0.3) is 0 Å². The van der Waals surface area contributed by atoms with E-state index in [1.54, 1.807) is 4.90 Å². The van der Waals surface area contributed by atoms with Crippen molar-refractivity contribution in [2.75, 3.05) is 19.7 Å². The summed E-state index contributed by atoms with van der Waals surface area (Å²) in [4.78, 5) is 25.0. The van der Waals surface area contributed by atoms with Gasteiger partial charge in [-0.25, -0.2) is 4.79 Å². The minimum atomic E-state index is -0.796. The van der Waals surface area contributed by atoms with Crippen LogP contribution in [0, 0.1) is 11.3 Å². The number of rotatable bonds is 5. The van der Waals surface area contributed by atoms with E-state index >= 15 is 0 Å². The number of hydrogen-bond donors (Lipinski definition) is 1. The second kappa shape index (κ2) is 6.78. The van der Waals surface area contributed by atoms with E-state index in [2.05, 4.69) is 0 Å². The van der Waals surface area contributed by atoms with Crippen molar-refractivity contribution in [3.8, 4) is 0 Å². The van der Waals surface area contributed by atoms with Crippen LogP contribution in [0.15, 0.2) is 0 Å². The number of amides is 1. The third-order valence-corrected chi connectivity index (χ3v) is 3.56. The molecule has 0 saturated carbocycles. The molecule has 0 aliphatic carbocycles. The topological polar surface area (TPSA) is 66.8 Å². The molecule has 5 nitrogen and oxygen atoms in total. The predicted octanol–water partition coefficient (Wildman–Crippen LogP) is 2.75. The van der Waals surface area contributed by atoms with Crippen molar-refractivity contribution in [3.05, 3.63) is 0 Å². The maximum absolute atomic E-state index is 11.9. The summed E-state index contributed by atoms with van der Waals surface area (Å²) in [6.07, 6.45) is 2.40. The first kappa shape index (κ1) is 15.8. The summed E-state index contributed by atoms with van der Waals surface area (Å²) in [5.41, 5.74) is -0.788. The summed E-state index contributed by atoms with van der Waals surface area (Å²) in [6, 6.07) is 0. The number of carbonyl (C=O) groups is 2. The summed E-state index contributed by atoms with van der Waals surface area (Å²) < 4.78 is 5.19. The molecule has 0 bridgehead atoms. The van der Waals surface area contributed by atoms with Crippen LogP contribution in [0.4, 0.5) is 4.79 Å². The first-order valence-corrected chi connectivity index (χ1v) is 7.06. The lowest BCUT2D eigenvalue weighted by molar-refractivity contribution is -0.152. The van der Waals surface area contributed by atoms with Gasteiger partial charge in [0.1, 0.15) is 0 Å². The Kier molecular flexibility index (Phi) is 5.63. The van der Waals surface area contributed by atoms with Crippen molar-refractivity contribution in [1.29, 1.82) is 0 Å². The van der Waals surface area contributed by atoms with Crippen molar-refractivity contribution in [3.63, 3.8) is 0 Å². The van der Waals surface area contributed by atoms with Crippen LogP contribution >= 0.6 is 0 Å². The molecule has 1 aliphatic heterocycles. The molecule has 1 unspecified atom stereocenters. The largest absolute Gasteiger partial charge is 0.481 e. The molecule has 1 saturated heterocycles. The normalized spacial score (nSPS) is 23.5. The monoisotopic (exact) mass is 271 g/mol. The standard InChI is InChI=1S/C14H25NO4/c1-4-6-14(12(16)17)7-5-8-15(10-14)13(18)19-9-11(2)3/h11H,4-10H2,1-3H3,(H,16,17). The lowest BCUT2D eigenvalue weighted by Gasteiger charge is -2.39. The molecule has 19 heavy (non-hydrogen) atoms. The molecule has 1 atom stereocenters. The van der Waals surface area contributed by atoms with Gasteiger partial charge < -0.3 is 14.7 Å². The Balaban J connectivity index is 2.66. The maximum Gasteiger partial charge on any atom is 0.409 e. The van der Waals surface area contributed by atoms with E-state index in [0.717, 1.165) is 12.8 Å². The van der Waals surface area contributed by atoms with Gasteiger partial charge in [0.2, 0.25) is 0 Å². The molecular weight excluding hydrogens is 246 g/mol. The van der Waals surface area contributed by atoms with Gasteiger partial charge in [-0.15, -0.1) is 0 Å². The third-order valence-electron chi connectivity index (χ3n) is 3.56. The van der Waals surface area contributed by atoms with Crippen LogP contribution in [0.5, 0.6) is 0 Å². The Labute approximate surface area is 114 Å². The number of ether oxygens (including phenoxy) is 1. The van der Waals surface area contributed by atoms with Gasteiger partial charge in [0.25, 0.3) is 0 Å². The molecule has 1 N–H and O–H groups in total. The summed E-state index contributed by atoms with van der Waals surface area (Å²) in [6.45, 7) is 7.16. The second-order valence-corrected chi connectivity index (χ2v) is 5.83. The van der Waals surface area contributed by atoms with Gasteiger partial charge in [0, 0.05) is 13.1 Å². The average Bonchev–Trinajstić information content (AvgIpc) is 2.36. The minimum absolute atomic E-state index is 0.271. The first-order chi connectivity index (χ1) is 8.91. The Hall–Kier alpha value is -1.26. The van der Waals surface area contributed by atoms with Crippen LogP contribution in [0.3, 0.4) is 0 Å². The van der Waals surface area contributed by atoms with E-state index in [4.69, 9.17) is 4.74 Å². The smallest absolute Gasteiger partial charge is 0.409 e. The number of carboxylic acid groups (broad SMARTS) is 1. The fourth-order valence-corrected chi connectivity index (χ4v) is 2.58. The van der Waals surface area contributed by atoms with Crippen LogP contribution in [-0.4, -0.2) is 41.8 Å². The number of carbonyl (C=O) groups excluding carboxylic acids is 1. The third kappa shape index (κ3) is 4.11. The van der Waals surface area contributed by atoms with Gasteiger partial charge in [0.05, 0.1) is 12.0 Å². The summed E-state index contributed by atoms with van der Waals surface area (Å²) in [5, 5.41) is 9.46. The van der Waals surface area contributed by atoms with Gasteiger partial charge in [0.15, 0.2) is 0 Å². The van der Waals surface area contributed by atoms with Gasteiger partial charge in [-0.3, -0.25) is 4.79 Å². The quantitative estimate of drug-likeness (QED) is 0.835. The Morgan fingerprint density at radius 3 is 2.63 bits per heavy atom. The van der Waals surface area contributed by atoms with Gasteiger partial charge >= 0.3 is 12.1 Å². The van der Waals surface area contributed by atoms with Gasteiger partial charge in [-0.2, -0.15) is 0 Å². The van der Waals surface area contributed by atoms with E-state index in [0.29, 0.717) is 26.0 Å². The molecule has 5 heteroatoms. The number of carboxylic acids is 1. The number of hydrogen-bond acceptors (Lipinski definition) is 3. The number of likely N-dealkylation sites (tertiary alicyclic amines) is 1. The Morgan fingerprint density at radius 2 is 2.11 bits per heavy atom. The minimum Gasteiger partial charge on any atom is -0.481 e. The zero-order valence-electron chi connectivity index (χ0n) is 12.1. The highest BCUT2D eigenvalue weighted by Crippen LogP contribution is 2.35. The Bertz CT molecular complexity index is 325. The lowest BCUT2D eigenvalue weighted by atomic mass is 9.76. The van der Waals surface area contributed by atoms with Crippen LogP contribution in [0.1, 0.15) is 46.5 Å².